The maximum atomic E-state index is 12.1. The number of nitrogens with zero attached hydrogens (tertiary/aromatic N) is 2. The molecule has 0 spiro atoms. The lowest BCUT2D eigenvalue weighted by Crippen LogP contribution is -2.53. The van der Waals surface area contributed by atoms with E-state index in [-0.39, 0.29) is 18.6 Å². The summed E-state index contributed by atoms with van der Waals surface area (Å²) in [5.74, 6) is -0.775. The van der Waals surface area contributed by atoms with E-state index in [2.05, 4.69) is 10.2 Å². The van der Waals surface area contributed by atoms with Crippen LogP contribution in [0.4, 0.5) is 4.79 Å². The van der Waals surface area contributed by atoms with Crippen LogP contribution >= 0.6 is 0 Å². The molecule has 2 N–H and O–H groups in total. The Morgan fingerprint density at radius 3 is 2.57 bits per heavy atom. The molecule has 2 amide bonds. The van der Waals surface area contributed by atoms with E-state index in [9.17, 15) is 9.59 Å². The van der Waals surface area contributed by atoms with Crippen LogP contribution in [0.15, 0.2) is 0 Å². The zero-order valence-corrected chi connectivity index (χ0v) is 12.4. The van der Waals surface area contributed by atoms with Crippen molar-refractivity contribution in [3.8, 4) is 0 Å². The molecule has 0 aromatic heterocycles. The number of hydrogen-bond donors (Lipinski definition) is 2. The summed E-state index contributed by atoms with van der Waals surface area (Å²) in [6.07, 6.45) is 3.61. The van der Waals surface area contributed by atoms with Crippen LogP contribution in [0.5, 0.6) is 0 Å². The number of carbonyl (C=O) groups is 2. The molecular formula is C14H25N3O4. The van der Waals surface area contributed by atoms with Gasteiger partial charge >= 0.3 is 12.0 Å². The normalized spacial score (nSPS) is 23.8. The molecular weight excluding hydrogens is 274 g/mol. The van der Waals surface area contributed by atoms with Gasteiger partial charge in [-0.05, 0) is 19.3 Å². The van der Waals surface area contributed by atoms with Gasteiger partial charge in [0.05, 0.1) is 12.5 Å². The first kappa shape index (κ1) is 16.0. The van der Waals surface area contributed by atoms with Gasteiger partial charge in [0.25, 0.3) is 0 Å². The molecule has 2 rings (SSSR count). The van der Waals surface area contributed by atoms with E-state index in [0.29, 0.717) is 26.2 Å². The van der Waals surface area contributed by atoms with Gasteiger partial charge in [0.15, 0.2) is 0 Å². The number of rotatable bonds is 5. The van der Waals surface area contributed by atoms with Crippen molar-refractivity contribution in [3.63, 3.8) is 0 Å². The van der Waals surface area contributed by atoms with Crippen molar-refractivity contribution in [3.05, 3.63) is 0 Å². The Balaban J connectivity index is 1.62. The monoisotopic (exact) mass is 299 g/mol. The molecule has 120 valence electrons. The van der Waals surface area contributed by atoms with Crippen LogP contribution in [0.25, 0.3) is 0 Å². The molecule has 2 aliphatic rings. The van der Waals surface area contributed by atoms with Crippen LogP contribution in [-0.4, -0.2) is 78.9 Å². The first-order chi connectivity index (χ1) is 10.1. The minimum Gasteiger partial charge on any atom is -0.481 e. The van der Waals surface area contributed by atoms with E-state index in [1.165, 1.54) is 6.42 Å². The number of amides is 2. The smallest absolute Gasteiger partial charge is 0.317 e. The summed E-state index contributed by atoms with van der Waals surface area (Å²) in [5.41, 5.74) is 0. The average molecular weight is 299 g/mol. The molecule has 0 aliphatic carbocycles. The first-order valence-corrected chi connectivity index (χ1v) is 7.73. The molecule has 0 aromatic rings. The third kappa shape index (κ3) is 5.51. The van der Waals surface area contributed by atoms with Gasteiger partial charge in [-0.2, -0.15) is 0 Å². The van der Waals surface area contributed by atoms with Crippen molar-refractivity contribution in [1.82, 2.24) is 15.1 Å². The second-order valence-corrected chi connectivity index (χ2v) is 5.65. The van der Waals surface area contributed by atoms with Gasteiger partial charge in [-0.25, -0.2) is 4.79 Å². The minimum absolute atomic E-state index is 0.0398. The maximum absolute atomic E-state index is 12.1. The van der Waals surface area contributed by atoms with Crippen LogP contribution in [-0.2, 0) is 9.53 Å². The van der Waals surface area contributed by atoms with Crippen LogP contribution in [0.1, 0.15) is 25.7 Å². The Kier molecular flexibility index (Phi) is 6.25. The largest absolute Gasteiger partial charge is 0.481 e. The summed E-state index contributed by atoms with van der Waals surface area (Å²) < 4.78 is 5.59. The zero-order chi connectivity index (χ0) is 15.1. The maximum Gasteiger partial charge on any atom is 0.317 e. The van der Waals surface area contributed by atoms with Gasteiger partial charge in [0.1, 0.15) is 0 Å². The highest BCUT2D eigenvalue weighted by Gasteiger charge is 2.22. The molecule has 7 nitrogen and oxygen atoms in total. The molecule has 0 bridgehead atoms. The number of aliphatic carboxylic acids is 1. The van der Waals surface area contributed by atoms with Crippen molar-refractivity contribution < 1.29 is 19.4 Å². The molecule has 2 fully saturated rings. The van der Waals surface area contributed by atoms with Crippen molar-refractivity contribution in [1.29, 1.82) is 0 Å². The summed E-state index contributed by atoms with van der Waals surface area (Å²) in [6, 6.07) is -0.0398. The van der Waals surface area contributed by atoms with Gasteiger partial charge in [0.2, 0.25) is 0 Å². The van der Waals surface area contributed by atoms with Gasteiger partial charge in [-0.3, -0.25) is 9.69 Å². The van der Waals surface area contributed by atoms with E-state index in [4.69, 9.17) is 9.84 Å². The number of hydrogen-bond acceptors (Lipinski definition) is 4. The highest BCUT2D eigenvalue weighted by atomic mass is 16.5. The highest BCUT2D eigenvalue weighted by molar-refractivity contribution is 5.74. The summed E-state index contributed by atoms with van der Waals surface area (Å²) in [4.78, 5) is 26.5. The second-order valence-electron chi connectivity index (χ2n) is 5.65. The number of carbonyl (C=O) groups excluding carboxylic acids is 1. The highest BCUT2D eigenvalue weighted by Crippen LogP contribution is 2.11. The molecule has 21 heavy (non-hydrogen) atoms. The van der Waals surface area contributed by atoms with Crippen molar-refractivity contribution in [2.75, 3.05) is 45.9 Å². The summed E-state index contributed by atoms with van der Waals surface area (Å²) >= 11 is 0. The van der Waals surface area contributed by atoms with E-state index < -0.39 is 5.97 Å². The molecule has 0 aromatic carbocycles. The lowest BCUT2D eigenvalue weighted by molar-refractivity contribution is -0.137. The fraction of sp³-hybridized carbons (Fsp3) is 0.857. The van der Waals surface area contributed by atoms with E-state index >= 15 is 0 Å². The SMILES string of the molecule is O=C(O)CCN1CCN(C(=O)NCC2CCCCO2)CC1. The lowest BCUT2D eigenvalue weighted by Gasteiger charge is -2.34. The number of carboxylic acid groups (broad SMARTS) is 1. The molecule has 1 unspecified atom stereocenters. The van der Waals surface area contributed by atoms with Gasteiger partial charge in [0, 0.05) is 45.9 Å². The predicted molar refractivity (Wildman–Crippen MR) is 77.3 cm³/mol. The molecule has 7 heteroatoms. The number of ether oxygens (including phenoxy) is 1. The summed E-state index contributed by atoms with van der Waals surface area (Å²) in [5, 5.41) is 11.6. The third-order valence-electron chi connectivity index (χ3n) is 4.06. The van der Waals surface area contributed by atoms with Gasteiger partial charge in [-0.1, -0.05) is 0 Å². The number of carboxylic acids is 1. The third-order valence-corrected chi connectivity index (χ3v) is 4.06. The minimum atomic E-state index is -0.775. The summed E-state index contributed by atoms with van der Waals surface area (Å²) in [7, 11) is 0. The Hall–Kier alpha value is -1.34. The topological polar surface area (TPSA) is 82.1 Å². The number of urea groups is 1. The van der Waals surface area contributed by atoms with Crippen LogP contribution in [0, 0.1) is 0 Å². The fourth-order valence-corrected chi connectivity index (χ4v) is 2.71. The second kappa shape index (κ2) is 8.19. The first-order valence-electron chi connectivity index (χ1n) is 7.73. The van der Waals surface area contributed by atoms with E-state index in [1.54, 1.807) is 4.90 Å². The Labute approximate surface area is 125 Å². The van der Waals surface area contributed by atoms with Crippen LogP contribution < -0.4 is 5.32 Å². The Morgan fingerprint density at radius 2 is 1.95 bits per heavy atom. The standard InChI is InChI=1S/C14H25N3O4/c18-13(19)4-5-16-6-8-17(9-7-16)14(20)15-11-12-3-1-2-10-21-12/h12H,1-11H2,(H,15,20)(H,18,19). The van der Waals surface area contributed by atoms with E-state index in [1.807, 2.05) is 0 Å². The molecule has 0 radical (unpaired) electrons. The number of piperazine rings is 1. The quantitative estimate of drug-likeness (QED) is 0.766. The molecule has 2 aliphatic heterocycles. The van der Waals surface area contributed by atoms with Gasteiger partial charge < -0.3 is 20.1 Å². The average Bonchev–Trinajstić information content (AvgIpc) is 2.52. The number of nitrogens with one attached hydrogen (secondary N) is 1. The fourth-order valence-electron chi connectivity index (χ4n) is 2.71. The molecule has 2 heterocycles. The molecule has 2 saturated heterocycles. The molecule has 1 atom stereocenters. The zero-order valence-electron chi connectivity index (χ0n) is 12.4. The van der Waals surface area contributed by atoms with Crippen molar-refractivity contribution in [2.45, 2.75) is 31.8 Å². The molecule has 0 saturated carbocycles. The van der Waals surface area contributed by atoms with Crippen LogP contribution in [0.2, 0.25) is 0 Å². The Bertz CT molecular complexity index is 350. The Morgan fingerprint density at radius 1 is 1.19 bits per heavy atom. The van der Waals surface area contributed by atoms with Crippen LogP contribution in [0.3, 0.4) is 0 Å². The van der Waals surface area contributed by atoms with Crippen molar-refractivity contribution >= 4 is 12.0 Å². The van der Waals surface area contributed by atoms with Crippen molar-refractivity contribution in [2.24, 2.45) is 0 Å². The predicted octanol–water partition coefficient (Wildman–Crippen LogP) is 0.357. The lowest BCUT2D eigenvalue weighted by atomic mass is 10.1. The van der Waals surface area contributed by atoms with Gasteiger partial charge in [-0.15, -0.1) is 0 Å². The summed E-state index contributed by atoms with van der Waals surface area (Å²) in [6.45, 7) is 4.71. The van der Waals surface area contributed by atoms with E-state index in [0.717, 1.165) is 32.5 Å².